The van der Waals surface area contributed by atoms with E-state index in [4.69, 9.17) is 71.2 Å². The van der Waals surface area contributed by atoms with Crippen molar-refractivity contribution in [3.05, 3.63) is 0 Å². The molecule has 35 atom stereocenters. The van der Waals surface area contributed by atoms with Crippen LogP contribution in [0.4, 0.5) is 0 Å². The second-order valence-corrected chi connectivity index (χ2v) is 32.5. The van der Waals surface area contributed by atoms with Gasteiger partial charge in [-0.25, -0.2) is 4.79 Å². The fourth-order valence-electron chi connectivity index (χ4n) is 15.1. The van der Waals surface area contributed by atoms with Crippen LogP contribution in [0.3, 0.4) is 0 Å². The highest BCUT2D eigenvalue weighted by Crippen LogP contribution is 2.35. The molecule has 0 saturated carbocycles. The zero-order valence-electron chi connectivity index (χ0n) is 70.8. The molecule has 8 aliphatic heterocycles. The fraction of sp³-hybridized carbons (Fsp3) is 0.908. The molecule has 53 heteroatoms. The first-order valence-electron chi connectivity index (χ1n) is 43.1. The van der Waals surface area contributed by atoms with Crippen LogP contribution in [-0.4, -0.2) is 525 Å². The zero-order valence-corrected chi connectivity index (χ0v) is 70.8. The molecule has 0 aromatic heterocycles. The largest absolute Gasteiger partial charge is 0.394 e. The van der Waals surface area contributed by atoms with E-state index >= 15 is 0 Å². The lowest BCUT2D eigenvalue weighted by atomic mass is 9.96. The van der Waals surface area contributed by atoms with Crippen LogP contribution in [0.5, 0.6) is 0 Å². The van der Waals surface area contributed by atoms with Crippen molar-refractivity contribution in [3.8, 4) is 0 Å². The Hall–Kier alpha value is -5.11. The van der Waals surface area contributed by atoms with Gasteiger partial charge >= 0.3 is 5.97 Å². The number of hydrogen-bond donors (Lipinski definition) is 28. The van der Waals surface area contributed by atoms with E-state index in [1.807, 2.05) is 0 Å². The summed E-state index contributed by atoms with van der Waals surface area (Å²) in [5.41, 5.74) is 0. The van der Waals surface area contributed by atoms with Crippen molar-refractivity contribution in [2.75, 3.05) is 132 Å². The van der Waals surface area contributed by atoms with Gasteiger partial charge in [0.2, 0.25) is 23.6 Å². The Morgan fingerprint density at radius 2 is 0.605 bits per heavy atom. The molecule has 0 bridgehead atoms. The van der Waals surface area contributed by atoms with E-state index in [1.54, 1.807) is 4.90 Å². The number of imide groups is 1. The molecule has 0 aliphatic carbocycles. The van der Waals surface area contributed by atoms with Gasteiger partial charge in [0.1, 0.15) is 171 Å². The van der Waals surface area contributed by atoms with Gasteiger partial charge in [0.15, 0.2) is 44.0 Å². The van der Waals surface area contributed by atoms with Gasteiger partial charge in [0.05, 0.1) is 85.7 Å². The number of aliphatic hydroxyl groups is 24. The van der Waals surface area contributed by atoms with E-state index in [1.165, 1.54) is 4.90 Å². The highest BCUT2D eigenvalue weighted by atomic mass is 16.8. The summed E-state index contributed by atoms with van der Waals surface area (Å²) < 4.78 is 79.2. The van der Waals surface area contributed by atoms with Gasteiger partial charge in [-0.2, -0.15) is 0 Å². The number of unbranched alkanes of at least 4 members (excludes halogenated alkanes) is 7. The maximum atomic E-state index is 13.6. The van der Waals surface area contributed by atoms with Gasteiger partial charge in [-0.15, -0.1) is 5.06 Å². The summed E-state index contributed by atoms with van der Waals surface area (Å²) in [7, 11) is 0. The monoisotopic (exact) mass is 1880 g/mol. The van der Waals surface area contributed by atoms with Gasteiger partial charge in [0.25, 0.3) is 11.8 Å². The number of aliphatic hydroxyl groups excluding tert-OH is 24. The predicted octanol–water partition coefficient (Wildman–Crippen LogP) is -16.9. The molecule has 28 N–H and O–H groups in total. The maximum Gasteiger partial charge on any atom is 0.333 e. The van der Waals surface area contributed by atoms with E-state index in [-0.39, 0.29) is 97.7 Å². The molecule has 0 aromatic rings. The molecular weight excluding hydrogens is 1750 g/mol. The minimum absolute atomic E-state index is 0.00581. The highest BCUT2D eigenvalue weighted by molar-refractivity contribution is 6.01. The van der Waals surface area contributed by atoms with Gasteiger partial charge < -0.3 is 215 Å². The first-order chi connectivity index (χ1) is 61.6. The second kappa shape index (κ2) is 54.6. The summed E-state index contributed by atoms with van der Waals surface area (Å²) in [5, 5.41) is 263. The topological polar surface area (TPSA) is 801 Å². The molecule has 8 fully saturated rings. The SMILES string of the molecule is O=C(CCCCCNC(=O)CN(CC(=O)NCCCCCCN(CCO[C@H]1O[C@H](CO[C@H]2O[C@H](CO)[C@@H](O)[C@H](O)[C@@H]2O)[C@@H](O)[C@H](O[C@H]2O[C@H](CO)[C@@H](O)[C@H](O)[C@@H]2O)[C@@H]1O)CCO[C@@H]1O[C@H](CO)[C@@H](O)[C@H](O)[C@H]1O)CC(=O)NCCCCCC(=O)ON1C(=O)CCC1=O)NCCO[C@H]1O[C@H](CO[C@H]2O[C@H](CO)[C@@H](O)[C@H](O)[C@@H]2O)[C@@H](O)[C@H](O[C@H]2O[C@H](CO)[C@@H](O)[C@H](O)[C@@H]2O)[C@@H]1O. The number of amides is 6. The van der Waals surface area contributed by atoms with Crippen LogP contribution < -0.4 is 21.3 Å². The quantitative estimate of drug-likeness (QED) is 0.0199. The zero-order chi connectivity index (χ0) is 94.5. The van der Waals surface area contributed by atoms with E-state index < -0.39 is 322 Å². The number of nitrogens with zero attached hydrogens (tertiary/aromatic N) is 3. The average Bonchev–Trinajstić information content (AvgIpc) is 1.21. The van der Waals surface area contributed by atoms with Crippen LogP contribution in [0, 0.1) is 0 Å². The summed E-state index contributed by atoms with van der Waals surface area (Å²) in [5.74, 6) is -4.20. The molecule has 129 heavy (non-hydrogen) atoms. The van der Waals surface area contributed by atoms with Crippen molar-refractivity contribution in [2.24, 2.45) is 0 Å². The summed E-state index contributed by atoms with van der Waals surface area (Å²) in [6.07, 6.45) is -57.8. The standard InChI is InChI=1S/C76H131N7O46/c84-28-35-49(96)56(103)61(108)70(120-35)116-23-20-81(21-24-117-74-67(114)69(128-76-65(112)60(107)53(100)39(32-88)124-76)55(102)41(126-74)34-119-72-63(110)58(105)51(98)37(30-86)122-72)19-10-2-1-7-15-77-43(90)25-82(27-45(92)79-17-9-4-6-12-48(95)129-83-46(93)13-14-47(83)94)26-44(91)78-16-8-3-5-11-42(89)80-18-22-115-73-66(113)68(127-75-64(111)59(106)52(99)38(31-87)123-75)54(101)40(125-73)33-118-71-62(109)57(104)50(97)36(29-85)121-71/h35-41,49-76,84-88,96-114H,1-34H2,(H,77,90)(H,78,91)(H,79,92)(H,80,89)/t35-,36-,37-,38-,39-,40-,41-,49-,50-,51-,52-,53-,54-,55-,56+,57+,58+,59+,60+,61-,62+,63+,64+,65+,66+,67+,68+,69+,70-,71+,72+,73+,74+,75-,76-/m1/s1. The van der Waals surface area contributed by atoms with Crippen LogP contribution in [-0.2, 0) is 105 Å². The van der Waals surface area contributed by atoms with Crippen molar-refractivity contribution < 1.29 is 227 Å². The Bertz CT molecular complexity index is 3320. The third-order valence-corrected chi connectivity index (χ3v) is 22.9. The molecule has 6 amide bonds. The fourth-order valence-corrected chi connectivity index (χ4v) is 15.1. The van der Waals surface area contributed by atoms with Crippen molar-refractivity contribution in [3.63, 3.8) is 0 Å². The van der Waals surface area contributed by atoms with Crippen molar-refractivity contribution in [2.45, 2.75) is 305 Å². The summed E-state index contributed by atoms with van der Waals surface area (Å²) in [6, 6.07) is 0. The first kappa shape index (κ1) is 109. The minimum atomic E-state index is -2.02. The molecule has 8 rings (SSSR count). The lowest BCUT2D eigenvalue weighted by Crippen LogP contribution is -2.65. The van der Waals surface area contributed by atoms with Crippen molar-refractivity contribution in [1.29, 1.82) is 0 Å². The van der Waals surface area contributed by atoms with Gasteiger partial charge in [0, 0.05) is 65.0 Å². The number of hydroxylamine groups is 2. The Balaban J connectivity index is 0.808. The van der Waals surface area contributed by atoms with Crippen LogP contribution in [0.2, 0.25) is 0 Å². The van der Waals surface area contributed by atoms with E-state index in [9.17, 15) is 156 Å². The average molecular weight is 1880 g/mol. The van der Waals surface area contributed by atoms with E-state index in [0.717, 1.165) is 0 Å². The molecule has 0 aromatic carbocycles. The van der Waals surface area contributed by atoms with Gasteiger partial charge in [-0.1, -0.05) is 25.7 Å². The molecule has 0 spiro atoms. The second-order valence-electron chi connectivity index (χ2n) is 32.5. The number of ether oxygens (including phenoxy) is 14. The van der Waals surface area contributed by atoms with Crippen LogP contribution in [0.15, 0.2) is 0 Å². The third-order valence-electron chi connectivity index (χ3n) is 22.9. The highest BCUT2D eigenvalue weighted by Gasteiger charge is 2.56. The van der Waals surface area contributed by atoms with E-state index in [2.05, 4.69) is 21.3 Å². The number of nitrogens with one attached hydrogen (secondary N) is 4. The van der Waals surface area contributed by atoms with Gasteiger partial charge in [-0.05, 0) is 45.1 Å². The predicted molar refractivity (Wildman–Crippen MR) is 417 cm³/mol. The Morgan fingerprint density at radius 3 is 0.977 bits per heavy atom. The third kappa shape index (κ3) is 31.5. The molecule has 8 saturated heterocycles. The summed E-state index contributed by atoms with van der Waals surface area (Å²) >= 11 is 0. The summed E-state index contributed by atoms with van der Waals surface area (Å²) in [6.45, 7) is -7.23. The minimum Gasteiger partial charge on any atom is -0.394 e. The van der Waals surface area contributed by atoms with Crippen molar-refractivity contribution in [1.82, 2.24) is 36.1 Å². The Kier molecular flexibility index (Phi) is 46.2. The normalized spacial score (nSPS) is 37.5. The lowest BCUT2D eigenvalue weighted by Gasteiger charge is -2.46. The van der Waals surface area contributed by atoms with Crippen molar-refractivity contribution >= 4 is 41.4 Å². The maximum absolute atomic E-state index is 13.6. The number of carbonyl (C=O) groups is 7. The molecule has 53 nitrogen and oxygen atoms in total. The smallest absolute Gasteiger partial charge is 0.333 e. The Labute approximate surface area is 738 Å². The Morgan fingerprint density at radius 1 is 0.302 bits per heavy atom. The summed E-state index contributed by atoms with van der Waals surface area (Å²) in [4.78, 5) is 97.4. The molecule has 8 heterocycles. The molecule has 0 unspecified atom stereocenters. The number of rotatable bonds is 53. The molecule has 0 radical (unpaired) electrons. The molecule has 8 aliphatic rings. The van der Waals surface area contributed by atoms with E-state index in [0.29, 0.717) is 62.9 Å². The van der Waals surface area contributed by atoms with Gasteiger partial charge in [-0.3, -0.25) is 38.6 Å². The number of carbonyl (C=O) groups excluding carboxylic acids is 7. The number of hydrogen-bond acceptors (Lipinski definition) is 48. The van der Waals surface area contributed by atoms with Crippen LogP contribution in [0.25, 0.3) is 0 Å². The first-order valence-corrected chi connectivity index (χ1v) is 43.1. The molecule has 746 valence electrons. The molecular formula is C76H131N7O46. The van der Waals surface area contributed by atoms with Crippen LogP contribution in [0.1, 0.15) is 89.9 Å². The van der Waals surface area contributed by atoms with Crippen LogP contribution >= 0.6 is 0 Å². The lowest BCUT2D eigenvalue weighted by molar-refractivity contribution is -0.366.